The van der Waals surface area contributed by atoms with Gasteiger partial charge in [0.2, 0.25) is 0 Å². The summed E-state index contributed by atoms with van der Waals surface area (Å²) in [5.74, 6) is -0.438. The summed E-state index contributed by atoms with van der Waals surface area (Å²) in [5.41, 5.74) is 7.43. The van der Waals surface area contributed by atoms with Crippen molar-refractivity contribution in [2.24, 2.45) is 5.92 Å². The number of carbonyl (C=O) groups is 1. The quantitative estimate of drug-likeness (QED) is 0.104. The van der Waals surface area contributed by atoms with Gasteiger partial charge in [-0.25, -0.2) is 4.39 Å². The second-order valence-electron chi connectivity index (χ2n) is 13.4. The molecule has 1 aromatic heterocycles. The monoisotopic (exact) mass is 663 g/mol. The second-order valence-corrected chi connectivity index (χ2v) is 13.4. The van der Waals surface area contributed by atoms with Crippen molar-refractivity contribution in [1.29, 1.82) is 0 Å². The molecule has 1 amide bonds. The number of anilines is 1. The molecule has 0 aliphatic rings. The first-order valence-electron chi connectivity index (χ1n) is 17.6. The van der Waals surface area contributed by atoms with Crippen LogP contribution >= 0.6 is 0 Å². The number of aryl methyl sites for hydroxylation is 2. The van der Waals surface area contributed by atoms with E-state index < -0.39 is 5.82 Å². The molecule has 1 heterocycles. The number of phenols is 2. The minimum Gasteiger partial charge on any atom is -0.507 e. The number of halogens is 1. The third kappa shape index (κ3) is 8.70. The van der Waals surface area contributed by atoms with Crippen LogP contribution in [0.5, 0.6) is 11.5 Å². The summed E-state index contributed by atoms with van der Waals surface area (Å²) in [5, 5.41) is 25.3. The molecule has 1 atom stereocenters. The number of aromatic hydroxyl groups is 2. The minimum atomic E-state index is -0.415. The van der Waals surface area contributed by atoms with Crippen LogP contribution in [-0.4, -0.2) is 45.2 Å². The van der Waals surface area contributed by atoms with Crippen LogP contribution in [0.3, 0.4) is 0 Å². The highest BCUT2D eigenvalue weighted by Crippen LogP contribution is 2.40. The van der Waals surface area contributed by atoms with Gasteiger partial charge in [0.05, 0.1) is 5.56 Å². The Hall–Kier alpha value is -4.62. The summed E-state index contributed by atoms with van der Waals surface area (Å²) in [6.07, 6.45) is 5.49. The highest BCUT2D eigenvalue weighted by atomic mass is 19.1. The topological polar surface area (TPSA) is 77.7 Å². The second kappa shape index (κ2) is 16.2. The molecule has 0 fully saturated rings. The van der Waals surface area contributed by atoms with E-state index in [0.29, 0.717) is 17.5 Å². The molecule has 49 heavy (non-hydrogen) atoms. The molecule has 0 saturated heterocycles. The van der Waals surface area contributed by atoms with Crippen molar-refractivity contribution in [2.45, 2.75) is 73.3 Å². The van der Waals surface area contributed by atoms with Crippen LogP contribution in [0.4, 0.5) is 10.1 Å². The summed E-state index contributed by atoms with van der Waals surface area (Å²) >= 11 is 0. The van der Waals surface area contributed by atoms with Gasteiger partial charge in [-0.05, 0) is 124 Å². The Balaban J connectivity index is 1.25. The fourth-order valence-electron chi connectivity index (χ4n) is 6.66. The Morgan fingerprint density at radius 2 is 1.61 bits per heavy atom. The zero-order chi connectivity index (χ0) is 35.1. The van der Waals surface area contributed by atoms with Gasteiger partial charge >= 0.3 is 0 Å². The van der Waals surface area contributed by atoms with Crippen LogP contribution in [0.25, 0.3) is 22.0 Å². The van der Waals surface area contributed by atoms with Crippen molar-refractivity contribution in [2.75, 3.05) is 25.0 Å². The van der Waals surface area contributed by atoms with Gasteiger partial charge < -0.3 is 25.0 Å². The molecule has 1 unspecified atom stereocenters. The number of aromatic nitrogens is 1. The number of fused-ring (bicyclic) bond motifs is 1. The molecule has 3 N–H and O–H groups in total. The largest absolute Gasteiger partial charge is 0.507 e. The van der Waals surface area contributed by atoms with E-state index in [1.54, 1.807) is 6.07 Å². The van der Waals surface area contributed by atoms with Crippen LogP contribution in [0.2, 0.25) is 0 Å². The van der Waals surface area contributed by atoms with E-state index in [9.17, 15) is 19.4 Å². The summed E-state index contributed by atoms with van der Waals surface area (Å²) in [6.45, 7) is 15.8. The van der Waals surface area contributed by atoms with Gasteiger partial charge in [0.25, 0.3) is 5.91 Å². The number of hydrogen-bond donors (Lipinski definition) is 3. The number of benzene rings is 4. The average Bonchev–Trinajstić information content (AvgIpc) is 3.31. The van der Waals surface area contributed by atoms with Gasteiger partial charge in [-0.15, -0.1) is 0 Å². The Morgan fingerprint density at radius 3 is 2.31 bits per heavy atom. The lowest BCUT2D eigenvalue weighted by Gasteiger charge is -2.23. The molecular formula is C42H50FN3O3. The van der Waals surface area contributed by atoms with E-state index >= 15 is 0 Å². The first kappa shape index (κ1) is 35.7. The first-order valence-corrected chi connectivity index (χ1v) is 17.6. The first-order chi connectivity index (χ1) is 23.6. The zero-order valence-electron chi connectivity index (χ0n) is 29.5. The number of nitrogens with one attached hydrogen (secondary N) is 1. The minimum absolute atomic E-state index is 0.170. The maximum absolute atomic E-state index is 13.4. The number of amides is 1. The maximum atomic E-state index is 13.4. The molecule has 0 radical (unpaired) electrons. The van der Waals surface area contributed by atoms with Crippen LogP contribution in [0.1, 0.15) is 79.2 Å². The lowest BCUT2D eigenvalue weighted by Crippen LogP contribution is -2.28. The molecule has 0 aliphatic carbocycles. The van der Waals surface area contributed by atoms with Gasteiger partial charge in [0, 0.05) is 46.5 Å². The maximum Gasteiger partial charge on any atom is 0.255 e. The van der Waals surface area contributed by atoms with Crippen molar-refractivity contribution in [1.82, 2.24) is 9.47 Å². The Labute approximate surface area is 290 Å². The lowest BCUT2D eigenvalue weighted by atomic mass is 10.0. The van der Waals surface area contributed by atoms with Crippen LogP contribution in [0.15, 0.2) is 78.9 Å². The van der Waals surface area contributed by atoms with Gasteiger partial charge in [-0.2, -0.15) is 0 Å². The summed E-state index contributed by atoms with van der Waals surface area (Å²) < 4.78 is 15.8. The van der Waals surface area contributed by atoms with E-state index in [1.165, 1.54) is 89.9 Å². The van der Waals surface area contributed by atoms with E-state index in [4.69, 9.17) is 0 Å². The van der Waals surface area contributed by atoms with E-state index in [0.717, 1.165) is 37.5 Å². The molecule has 0 saturated carbocycles. The van der Waals surface area contributed by atoms with Crippen molar-refractivity contribution in [3.8, 4) is 22.6 Å². The average molecular weight is 664 g/mol. The van der Waals surface area contributed by atoms with Gasteiger partial charge in [-0.1, -0.05) is 57.5 Å². The normalized spacial score (nSPS) is 12.1. The standard InChI is InChI=1S/C42H50FN3O3/c1-6-19-45(22-18-28(3)7-2)20-9-21-46-30(5)29(4)37-25-32(12-17-38(37)46)23-31-10-8-11-34(24-31)42(49)44-36-26-39(47)41(40(48)27-36)33-13-15-35(43)16-14-33/h8,10-17,24-28,47-48H,6-7,9,18-23H2,1-5H3,(H,44,49). The van der Waals surface area contributed by atoms with E-state index in [2.05, 4.69) is 67.6 Å². The molecule has 7 heteroatoms. The molecule has 0 bridgehead atoms. The summed E-state index contributed by atoms with van der Waals surface area (Å²) in [4.78, 5) is 15.8. The van der Waals surface area contributed by atoms with E-state index in [1.807, 2.05) is 18.2 Å². The van der Waals surface area contributed by atoms with Gasteiger partial charge in [-0.3, -0.25) is 4.79 Å². The SMILES string of the molecule is CCCN(CCCn1c(C)c(C)c2cc(Cc3cccc(C(=O)Nc4cc(O)c(-c5ccc(F)cc5)c(O)c4)c3)ccc21)CCC(C)CC. The van der Waals surface area contributed by atoms with Crippen molar-refractivity contribution in [3.63, 3.8) is 0 Å². The number of carbonyl (C=O) groups excluding carboxylic acids is 1. The lowest BCUT2D eigenvalue weighted by molar-refractivity contribution is 0.102. The Bertz CT molecular complexity index is 1870. The van der Waals surface area contributed by atoms with Crippen LogP contribution in [-0.2, 0) is 13.0 Å². The third-order valence-corrected chi connectivity index (χ3v) is 9.82. The molecule has 5 aromatic rings. The van der Waals surface area contributed by atoms with Gasteiger partial charge in [0.1, 0.15) is 17.3 Å². The predicted molar refractivity (Wildman–Crippen MR) is 199 cm³/mol. The van der Waals surface area contributed by atoms with Crippen molar-refractivity contribution in [3.05, 3.63) is 113 Å². The molecule has 0 spiro atoms. The smallest absolute Gasteiger partial charge is 0.255 e. The highest BCUT2D eigenvalue weighted by molar-refractivity contribution is 6.05. The fourth-order valence-corrected chi connectivity index (χ4v) is 6.66. The zero-order valence-corrected chi connectivity index (χ0v) is 29.5. The molecule has 4 aromatic carbocycles. The Morgan fingerprint density at radius 1 is 0.898 bits per heavy atom. The fraction of sp³-hybridized carbons (Fsp3) is 0.357. The predicted octanol–water partition coefficient (Wildman–Crippen LogP) is 9.86. The number of hydrogen-bond acceptors (Lipinski definition) is 4. The van der Waals surface area contributed by atoms with Crippen LogP contribution < -0.4 is 5.32 Å². The molecule has 0 aliphatic heterocycles. The number of rotatable bonds is 15. The summed E-state index contributed by atoms with van der Waals surface area (Å²) in [7, 11) is 0. The Kier molecular flexibility index (Phi) is 11.8. The molecular weight excluding hydrogens is 613 g/mol. The van der Waals surface area contributed by atoms with E-state index in [-0.39, 0.29) is 28.7 Å². The highest BCUT2D eigenvalue weighted by Gasteiger charge is 2.16. The number of nitrogens with zero attached hydrogens (tertiary/aromatic N) is 2. The molecule has 5 rings (SSSR count). The third-order valence-electron chi connectivity index (χ3n) is 9.82. The summed E-state index contributed by atoms with van der Waals surface area (Å²) in [6, 6.07) is 22.4. The van der Waals surface area contributed by atoms with Crippen molar-refractivity contribution < 1.29 is 19.4 Å². The van der Waals surface area contributed by atoms with Crippen molar-refractivity contribution >= 4 is 22.5 Å². The number of phenolic OH excluding ortho intramolecular Hbond substituents is 2. The van der Waals surface area contributed by atoms with Crippen LogP contribution in [0, 0.1) is 25.6 Å². The molecule has 258 valence electrons. The van der Waals surface area contributed by atoms with Gasteiger partial charge in [0.15, 0.2) is 0 Å². The molecule has 6 nitrogen and oxygen atoms in total.